The van der Waals surface area contributed by atoms with Crippen LogP contribution in [0.25, 0.3) is 10.9 Å². The molecule has 3 heteroatoms. The van der Waals surface area contributed by atoms with Crippen molar-refractivity contribution < 1.29 is 0 Å². The van der Waals surface area contributed by atoms with Crippen molar-refractivity contribution in [2.75, 3.05) is 6.54 Å². The molecule has 0 saturated carbocycles. The summed E-state index contributed by atoms with van der Waals surface area (Å²) in [6.07, 6.45) is 6.23. The van der Waals surface area contributed by atoms with Crippen LogP contribution < -0.4 is 5.32 Å². The van der Waals surface area contributed by atoms with Crippen LogP contribution in [0.3, 0.4) is 0 Å². The van der Waals surface area contributed by atoms with Crippen LogP contribution in [0.1, 0.15) is 30.9 Å². The van der Waals surface area contributed by atoms with Gasteiger partial charge in [-0.3, -0.25) is 0 Å². The topological polar surface area (TPSA) is 17.0 Å². The summed E-state index contributed by atoms with van der Waals surface area (Å²) in [7, 11) is 2.13. The summed E-state index contributed by atoms with van der Waals surface area (Å²) >= 11 is 0. The van der Waals surface area contributed by atoms with Crippen molar-refractivity contribution in [2.45, 2.75) is 25.3 Å². The third-order valence-corrected chi connectivity index (χ3v) is 3.61. The lowest BCUT2D eigenvalue weighted by molar-refractivity contribution is 0.414. The van der Waals surface area contributed by atoms with Gasteiger partial charge in [0, 0.05) is 30.2 Å². The lowest BCUT2D eigenvalue weighted by Crippen LogP contribution is -2.26. The number of piperidine rings is 1. The Balaban J connectivity index is 0.00000108. The average Bonchev–Trinajstić information content (AvgIpc) is 2.69. The van der Waals surface area contributed by atoms with E-state index in [-0.39, 0.29) is 12.4 Å². The van der Waals surface area contributed by atoms with Gasteiger partial charge in [-0.25, -0.2) is 0 Å². The van der Waals surface area contributed by atoms with E-state index in [1.54, 1.807) is 0 Å². The Kier molecular flexibility index (Phi) is 3.75. The summed E-state index contributed by atoms with van der Waals surface area (Å²) in [5.41, 5.74) is 2.81. The Morgan fingerprint density at radius 2 is 2.06 bits per heavy atom. The van der Waals surface area contributed by atoms with E-state index >= 15 is 0 Å². The lowest BCUT2D eigenvalue weighted by atomic mass is 9.97. The minimum absolute atomic E-state index is 0. The molecule has 2 heterocycles. The maximum Gasteiger partial charge on any atom is 0.0481 e. The number of para-hydroxylation sites is 1. The molecule has 1 N–H and O–H groups in total. The molecule has 2 aromatic rings. The summed E-state index contributed by atoms with van der Waals surface area (Å²) in [5, 5.41) is 5.03. The molecule has 1 aliphatic rings. The van der Waals surface area contributed by atoms with Crippen LogP contribution in [0.2, 0.25) is 0 Å². The summed E-state index contributed by atoms with van der Waals surface area (Å²) in [4.78, 5) is 0. The number of fused-ring (bicyclic) bond motifs is 1. The lowest BCUT2D eigenvalue weighted by Gasteiger charge is -2.23. The molecule has 17 heavy (non-hydrogen) atoms. The zero-order valence-corrected chi connectivity index (χ0v) is 11.0. The van der Waals surface area contributed by atoms with Gasteiger partial charge in [0.2, 0.25) is 0 Å². The Morgan fingerprint density at radius 1 is 1.24 bits per heavy atom. The standard InChI is InChI=1S/C14H18N2.ClH/c1-16-10-12(13-7-4-5-9-15-13)11-6-2-3-8-14(11)16;/h2-3,6,8,10,13,15H,4-5,7,9H2,1H3;1H/t13-;/m0./s1. The quantitative estimate of drug-likeness (QED) is 0.821. The number of benzene rings is 1. The first-order valence-electron chi connectivity index (χ1n) is 6.13. The molecule has 0 spiro atoms. The Bertz CT molecular complexity index is 498. The molecule has 0 bridgehead atoms. The van der Waals surface area contributed by atoms with E-state index in [0.29, 0.717) is 6.04 Å². The molecule has 1 fully saturated rings. The van der Waals surface area contributed by atoms with Gasteiger partial charge in [0.1, 0.15) is 0 Å². The smallest absolute Gasteiger partial charge is 0.0481 e. The van der Waals surface area contributed by atoms with Gasteiger partial charge in [0.25, 0.3) is 0 Å². The molecule has 1 aliphatic heterocycles. The minimum Gasteiger partial charge on any atom is -0.350 e. The van der Waals surface area contributed by atoms with Gasteiger partial charge in [-0.05, 0) is 31.0 Å². The van der Waals surface area contributed by atoms with Gasteiger partial charge in [-0.2, -0.15) is 0 Å². The maximum absolute atomic E-state index is 3.63. The molecular formula is C14H19ClN2. The molecule has 1 aromatic heterocycles. The Hall–Kier alpha value is -0.990. The predicted molar refractivity (Wildman–Crippen MR) is 74.8 cm³/mol. The molecule has 1 aromatic carbocycles. The van der Waals surface area contributed by atoms with E-state index in [9.17, 15) is 0 Å². The SMILES string of the molecule is Cl.Cn1cc([C@@H]2CCCCN2)c2ccccc21. The highest BCUT2D eigenvalue weighted by atomic mass is 35.5. The Morgan fingerprint density at radius 3 is 2.82 bits per heavy atom. The van der Waals surface area contributed by atoms with Gasteiger partial charge < -0.3 is 9.88 Å². The van der Waals surface area contributed by atoms with Crippen molar-refractivity contribution in [2.24, 2.45) is 7.05 Å². The van der Waals surface area contributed by atoms with E-state index in [0.717, 1.165) is 6.54 Å². The van der Waals surface area contributed by atoms with Gasteiger partial charge >= 0.3 is 0 Å². The molecule has 0 unspecified atom stereocenters. The van der Waals surface area contributed by atoms with E-state index in [1.165, 1.54) is 35.7 Å². The summed E-state index contributed by atoms with van der Waals surface area (Å²) < 4.78 is 2.24. The van der Waals surface area contributed by atoms with Crippen molar-refractivity contribution in [1.82, 2.24) is 9.88 Å². The third-order valence-electron chi connectivity index (χ3n) is 3.61. The van der Waals surface area contributed by atoms with Crippen LogP contribution in [0.4, 0.5) is 0 Å². The number of nitrogens with zero attached hydrogens (tertiary/aromatic N) is 1. The summed E-state index contributed by atoms with van der Waals surface area (Å²) in [5.74, 6) is 0. The summed E-state index contributed by atoms with van der Waals surface area (Å²) in [6.45, 7) is 1.16. The zero-order chi connectivity index (χ0) is 11.0. The molecule has 3 rings (SSSR count). The first-order chi connectivity index (χ1) is 7.86. The van der Waals surface area contributed by atoms with Crippen LogP contribution in [-0.2, 0) is 7.05 Å². The van der Waals surface area contributed by atoms with Crippen molar-refractivity contribution in [1.29, 1.82) is 0 Å². The Labute approximate surface area is 108 Å². The van der Waals surface area contributed by atoms with E-state index in [1.807, 2.05) is 0 Å². The van der Waals surface area contributed by atoms with Crippen molar-refractivity contribution >= 4 is 23.3 Å². The van der Waals surface area contributed by atoms with Crippen LogP contribution in [0.15, 0.2) is 30.5 Å². The highest BCUT2D eigenvalue weighted by molar-refractivity contribution is 5.85. The fourth-order valence-corrected chi connectivity index (χ4v) is 2.77. The number of nitrogens with one attached hydrogen (secondary N) is 1. The maximum atomic E-state index is 3.63. The normalized spacial score (nSPS) is 20.2. The molecule has 1 atom stereocenters. The van der Waals surface area contributed by atoms with Crippen LogP contribution >= 0.6 is 12.4 Å². The highest BCUT2D eigenvalue weighted by Crippen LogP contribution is 2.30. The number of rotatable bonds is 1. The van der Waals surface area contributed by atoms with Crippen LogP contribution in [-0.4, -0.2) is 11.1 Å². The largest absolute Gasteiger partial charge is 0.350 e. The second kappa shape index (κ2) is 5.11. The first-order valence-corrected chi connectivity index (χ1v) is 6.13. The molecule has 2 nitrogen and oxygen atoms in total. The van der Waals surface area contributed by atoms with Gasteiger partial charge in [-0.15, -0.1) is 12.4 Å². The van der Waals surface area contributed by atoms with E-state index < -0.39 is 0 Å². The molecule has 92 valence electrons. The third kappa shape index (κ3) is 2.20. The fraction of sp³-hybridized carbons (Fsp3) is 0.429. The monoisotopic (exact) mass is 250 g/mol. The fourth-order valence-electron chi connectivity index (χ4n) is 2.77. The number of hydrogen-bond acceptors (Lipinski definition) is 1. The predicted octanol–water partition coefficient (Wildman–Crippen LogP) is 3.41. The zero-order valence-electron chi connectivity index (χ0n) is 10.1. The second-order valence-electron chi connectivity index (χ2n) is 4.71. The molecule has 0 aliphatic carbocycles. The summed E-state index contributed by atoms with van der Waals surface area (Å²) in [6, 6.07) is 9.23. The second-order valence-corrected chi connectivity index (χ2v) is 4.71. The van der Waals surface area contributed by atoms with Crippen molar-refractivity contribution in [3.8, 4) is 0 Å². The molecular weight excluding hydrogens is 232 g/mol. The van der Waals surface area contributed by atoms with Crippen molar-refractivity contribution in [3.63, 3.8) is 0 Å². The average molecular weight is 251 g/mol. The van der Waals surface area contributed by atoms with Crippen molar-refractivity contribution in [3.05, 3.63) is 36.0 Å². The number of aromatic nitrogens is 1. The van der Waals surface area contributed by atoms with Gasteiger partial charge in [0.15, 0.2) is 0 Å². The van der Waals surface area contributed by atoms with E-state index in [4.69, 9.17) is 0 Å². The first kappa shape index (κ1) is 12.5. The van der Waals surface area contributed by atoms with Crippen LogP contribution in [0.5, 0.6) is 0 Å². The molecule has 1 saturated heterocycles. The number of hydrogen-bond donors (Lipinski definition) is 1. The highest BCUT2D eigenvalue weighted by Gasteiger charge is 2.18. The van der Waals surface area contributed by atoms with Crippen LogP contribution in [0, 0.1) is 0 Å². The minimum atomic E-state index is 0. The number of aryl methyl sites for hydroxylation is 1. The number of halogens is 1. The van der Waals surface area contributed by atoms with E-state index in [2.05, 4.69) is 47.4 Å². The molecule has 0 amide bonds. The molecule has 0 radical (unpaired) electrons. The van der Waals surface area contributed by atoms with Gasteiger partial charge in [-0.1, -0.05) is 24.6 Å². The van der Waals surface area contributed by atoms with Gasteiger partial charge in [0.05, 0.1) is 0 Å².